The number of halogens is 2. The highest BCUT2D eigenvalue weighted by Crippen LogP contribution is 2.31. The number of aromatic nitrogens is 2. The molecule has 0 aliphatic carbocycles. The number of benzene rings is 2. The molecule has 0 unspecified atom stereocenters. The first-order valence-corrected chi connectivity index (χ1v) is 14.9. The van der Waals surface area contributed by atoms with Crippen molar-refractivity contribution in [3.63, 3.8) is 0 Å². The molecule has 8 nitrogen and oxygen atoms in total. The van der Waals surface area contributed by atoms with E-state index in [0.717, 1.165) is 19.6 Å². The molecule has 2 heterocycles. The molecular formula is C25H29Cl2N5O3S. The van der Waals surface area contributed by atoms with Crippen LogP contribution in [0.5, 0.6) is 0 Å². The summed E-state index contributed by atoms with van der Waals surface area (Å²) in [5.74, 6) is 0.118. The normalized spacial score (nSPS) is 15.3. The molecule has 1 saturated heterocycles. The van der Waals surface area contributed by atoms with Crippen molar-refractivity contribution in [3.05, 3.63) is 70.5 Å². The van der Waals surface area contributed by atoms with E-state index in [2.05, 4.69) is 25.5 Å². The Morgan fingerprint density at radius 1 is 1.06 bits per heavy atom. The van der Waals surface area contributed by atoms with Crippen molar-refractivity contribution in [1.82, 2.24) is 14.9 Å². The molecule has 11 heteroatoms. The molecule has 1 fully saturated rings. The molecule has 0 saturated carbocycles. The number of nitrogens with zero attached hydrogens (tertiary/aromatic N) is 3. The van der Waals surface area contributed by atoms with Gasteiger partial charge in [0.25, 0.3) is 5.91 Å². The Bertz CT molecular complexity index is 1290. The van der Waals surface area contributed by atoms with E-state index >= 15 is 0 Å². The summed E-state index contributed by atoms with van der Waals surface area (Å²) in [6, 6.07) is 11.4. The SMILES string of the molecule is CS(=O)(O)(CCCN1CCCC1)c1ccc(Nc2ncc(NC(=O)c3cc(Cl)ccc3Cl)cn2)cc1. The van der Waals surface area contributed by atoms with Gasteiger partial charge in [0.15, 0.2) is 0 Å². The Morgan fingerprint density at radius 3 is 2.39 bits per heavy atom. The van der Waals surface area contributed by atoms with Crippen LogP contribution in [-0.2, 0) is 9.35 Å². The smallest absolute Gasteiger partial charge is 0.257 e. The van der Waals surface area contributed by atoms with Gasteiger partial charge in [-0.15, -0.1) is 0 Å². The second-order valence-corrected chi connectivity index (χ2v) is 13.8. The third kappa shape index (κ3) is 6.80. The van der Waals surface area contributed by atoms with Crippen LogP contribution in [0.15, 0.2) is 59.8 Å². The number of hydrogen-bond acceptors (Lipinski definition) is 6. The first kappa shape index (κ1) is 26.5. The topological polar surface area (TPSA) is 107 Å². The van der Waals surface area contributed by atoms with Crippen LogP contribution in [0.2, 0.25) is 10.0 Å². The van der Waals surface area contributed by atoms with Crippen molar-refractivity contribution in [3.8, 4) is 0 Å². The van der Waals surface area contributed by atoms with E-state index in [0.29, 0.717) is 33.7 Å². The highest BCUT2D eigenvalue weighted by atomic mass is 35.5. The van der Waals surface area contributed by atoms with Gasteiger partial charge in [0, 0.05) is 22.7 Å². The standard InChI is InChI=1S/C25H29Cl2N5O3S/c1-36(34,35,14-4-13-32-11-2-3-12-32)21-8-6-19(7-9-21)31-25-28-16-20(17-29-25)30-24(33)22-15-18(26)5-10-23(22)27/h5-10,15-17H,2-4,11-14H2,1H3,(H,30,33)(H,34,35)(H,28,29,31). The highest BCUT2D eigenvalue weighted by Gasteiger charge is 2.25. The van der Waals surface area contributed by atoms with Gasteiger partial charge in [-0.05, 0) is 81.4 Å². The number of anilines is 3. The maximum Gasteiger partial charge on any atom is 0.257 e. The number of likely N-dealkylation sites (tertiary alicyclic amines) is 1. The fourth-order valence-corrected chi connectivity index (χ4v) is 6.35. The largest absolute Gasteiger partial charge is 0.324 e. The Morgan fingerprint density at radius 2 is 1.72 bits per heavy atom. The molecular weight excluding hydrogens is 521 g/mol. The molecule has 2 aromatic carbocycles. The lowest BCUT2D eigenvalue weighted by atomic mass is 10.2. The first-order chi connectivity index (χ1) is 17.1. The zero-order chi connectivity index (χ0) is 25.8. The average molecular weight is 551 g/mol. The summed E-state index contributed by atoms with van der Waals surface area (Å²) in [6.45, 7) is 3.00. The van der Waals surface area contributed by atoms with Crippen molar-refractivity contribution in [2.24, 2.45) is 0 Å². The van der Waals surface area contributed by atoms with Crippen LogP contribution in [0, 0.1) is 0 Å². The lowest BCUT2D eigenvalue weighted by molar-refractivity contribution is 0.102. The van der Waals surface area contributed by atoms with Crippen molar-refractivity contribution in [2.75, 3.05) is 42.3 Å². The second-order valence-electron chi connectivity index (χ2n) is 9.11. The van der Waals surface area contributed by atoms with Crippen LogP contribution in [0.4, 0.5) is 17.3 Å². The minimum Gasteiger partial charge on any atom is -0.324 e. The Kier molecular flexibility index (Phi) is 7.96. The summed E-state index contributed by atoms with van der Waals surface area (Å²) in [4.78, 5) is 23.7. The van der Waals surface area contributed by atoms with Crippen molar-refractivity contribution in [1.29, 1.82) is 0 Å². The molecule has 0 bridgehead atoms. The molecule has 0 radical (unpaired) electrons. The van der Waals surface area contributed by atoms with Gasteiger partial charge in [-0.2, -0.15) is 9.35 Å². The molecule has 1 aliphatic heterocycles. The van der Waals surface area contributed by atoms with Crippen LogP contribution in [0.1, 0.15) is 29.6 Å². The molecule has 3 N–H and O–H groups in total. The Labute approximate surface area is 220 Å². The van der Waals surface area contributed by atoms with E-state index in [1.165, 1.54) is 37.6 Å². The molecule has 36 heavy (non-hydrogen) atoms. The molecule has 1 amide bonds. The highest BCUT2D eigenvalue weighted by molar-refractivity contribution is 8.14. The summed E-state index contributed by atoms with van der Waals surface area (Å²) < 4.78 is 24.3. The minimum atomic E-state index is -3.92. The van der Waals surface area contributed by atoms with Crippen molar-refractivity contribution >= 4 is 55.8 Å². The third-order valence-electron chi connectivity index (χ3n) is 6.10. The number of hydrogen-bond donors (Lipinski definition) is 3. The van der Waals surface area contributed by atoms with Gasteiger partial charge in [-0.3, -0.25) is 9.35 Å². The molecule has 0 atom stereocenters. The predicted octanol–water partition coefficient (Wildman–Crippen LogP) is 5.55. The number of amides is 1. The van der Waals surface area contributed by atoms with E-state index in [-0.39, 0.29) is 16.3 Å². The zero-order valence-corrected chi connectivity index (χ0v) is 22.2. The van der Waals surface area contributed by atoms with E-state index in [9.17, 15) is 13.6 Å². The number of carbonyl (C=O) groups is 1. The predicted molar refractivity (Wildman–Crippen MR) is 146 cm³/mol. The van der Waals surface area contributed by atoms with Crippen molar-refractivity contribution < 1.29 is 13.6 Å². The van der Waals surface area contributed by atoms with Gasteiger partial charge in [-0.1, -0.05) is 23.2 Å². The Hall–Kier alpha value is -2.56. The number of rotatable bonds is 9. The fourth-order valence-electron chi connectivity index (χ4n) is 4.10. The van der Waals surface area contributed by atoms with Gasteiger partial charge in [0.2, 0.25) is 5.95 Å². The van der Waals surface area contributed by atoms with Crippen LogP contribution in [0.3, 0.4) is 0 Å². The summed E-state index contributed by atoms with van der Waals surface area (Å²) in [7, 11) is -3.92. The molecule has 1 aliphatic rings. The second kappa shape index (κ2) is 10.8. The van der Waals surface area contributed by atoms with Crippen LogP contribution in [-0.4, -0.2) is 61.2 Å². The Balaban J connectivity index is 1.35. The van der Waals surface area contributed by atoms with Gasteiger partial charge in [-0.25, -0.2) is 14.2 Å². The first-order valence-electron chi connectivity index (χ1n) is 11.6. The maximum atomic E-state index is 13.3. The van der Waals surface area contributed by atoms with E-state index in [4.69, 9.17) is 23.2 Å². The third-order valence-corrected chi connectivity index (χ3v) is 9.39. The van der Waals surface area contributed by atoms with Gasteiger partial charge in [0.1, 0.15) is 0 Å². The maximum absolute atomic E-state index is 13.3. The zero-order valence-electron chi connectivity index (χ0n) is 19.9. The van der Waals surface area contributed by atoms with E-state index < -0.39 is 15.3 Å². The van der Waals surface area contributed by atoms with Crippen LogP contribution < -0.4 is 10.6 Å². The molecule has 0 spiro atoms. The molecule has 3 aromatic rings. The van der Waals surface area contributed by atoms with E-state index in [1.807, 2.05) is 0 Å². The lowest BCUT2D eigenvalue weighted by Gasteiger charge is -2.39. The number of nitrogens with one attached hydrogen (secondary N) is 2. The molecule has 192 valence electrons. The fraction of sp³-hybridized carbons (Fsp3) is 0.320. The van der Waals surface area contributed by atoms with Gasteiger partial charge in [0.05, 0.1) is 33.6 Å². The van der Waals surface area contributed by atoms with E-state index in [1.54, 1.807) is 36.4 Å². The van der Waals surface area contributed by atoms with Crippen LogP contribution in [0.25, 0.3) is 0 Å². The van der Waals surface area contributed by atoms with Gasteiger partial charge < -0.3 is 15.5 Å². The summed E-state index contributed by atoms with van der Waals surface area (Å²) in [5, 5.41) is 6.42. The minimum absolute atomic E-state index is 0.233. The van der Waals surface area contributed by atoms with Gasteiger partial charge >= 0.3 is 0 Å². The summed E-state index contributed by atoms with van der Waals surface area (Å²) in [6.07, 6.45) is 7.46. The van der Waals surface area contributed by atoms with Crippen LogP contribution >= 0.6 is 23.2 Å². The van der Waals surface area contributed by atoms with Crippen molar-refractivity contribution in [2.45, 2.75) is 24.2 Å². The number of carbonyl (C=O) groups excluding carboxylic acids is 1. The quantitative estimate of drug-likeness (QED) is 0.321. The monoisotopic (exact) mass is 549 g/mol. The lowest BCUT2D eigenvalue weighted by Crippen LogP contribution is -2.36. The average Bonchev–Trinajstić information content (AvgIpc) is 3.35. The molecule has 1 aromatic heterocycles. The summed E-state index contributed by atoms with van der Waals surface area (Å²) >= 11 is 12.0. The summed E-state index contributed by atoms with van der Waals surface area (Å²) in [5.41, 5.74) is 1.30. The molecule has 4 rings (SSSR count).